The molecule has 0 saturated carbocycles. The molecule has 6 rings (SSSR count). The van der Waals surface area contributed by atoms with Crippen LogP contribution in [0.2, 0.25) is 0 Å². The maximum atomic E-state index is 2.42. The molecule has 1 aliphatic rings. The number of fused-ring (bicyclic) bond motifs is 4. The van der Waals surface area contributed by atoms with E-state index in [0.717, 1.165) is 0 Å². The second-order valence-corrected chi connectivity index (χ2v) is 9.54. The average molecular weight is 411 g/mol. The van der Waals surface area contributed by atoms with Crippen LogP contribution in [0.1, 0.15) is 30.5 Å². The Balaban J connectivity index is 1.50. The second kappa shape index (κ2) is 6.93. The summed E-state index contributed by atoms with van der Waals surface area (Å²) in [7, 11) is 0. The maximum absolute atomic E-state index is 2.42. The zero-order chi connectivity index (χ0) is 21.9. The topological polar surface area (TPSA) is 0 Å². The highest BCUT2D eigenvalue weighted by atomic mass is 14.4. The number of rotatable bonds is 2. The first-order valence-electron chi connectivity index (χ1n) is 11.4. The zero-order valence-corrected chi connectivity index (χ0v) is 18.8. The quantitative estimate of drug-likeness (QED) is 0.273. The molecule has 154 valence electrons. The van der Waals surface area contributed by atoms with E-state index in [2.05, 4.69) is 124 Å². The second-order valence-electron chi connectivity index (χ2n) is 9.54. The van der Waals surface area contributed by atoms with Crippen molar-refractivity contribution < 1.29 is 0 Å². The van der Waals surface area contributed by atoms with Crippen LogP contribution in [0.3, 0.4) is 0 Å². The molecule has 0 bridgehead atoms. The SMILES string of the molecule is Cc1cccc(-c2ccc3c(c2)C(C)(C)c2cc(-c4cccc5ccccc45)ccc2-3)c1. The van der Waals surface area contributed by atoms with E-state index in [1.165, 1.54) is 60.8 Å². The summed E-state index contributed by atoms with van der Waals surface area (Å²) in [6.07, 6.45) is 0. The molecule has 0 nitrogen and oxygen atoms in total. The molecule has 0 atom stereocenters. The van der Waals surface area contributed by atoms with Gasteiger partial charge in [0.05, 0.1) is 0 Å². The van der Waals surface area contributed by atoms with Gasteiger partial charge in [-0.3, -0.25) is 0 Å². The Hall–Kier alpha value is -3.64. The van der Waals surface area contributed by atoms with E-state index >= 15 is 0 Å². The van der Waals surface area contributed by atoms with Gasteiger partial charge in [0.15, 0.2) is 0 Å². The van der Waals surface area contributed by atoms with Gasteiger partial charge in [-0.1, -0.05) is 110 Å². The molecular formula is C32H26. The summed E-state index contributed by atoms with van der Waals surface area (Å²) in [5, 5.41) is 2.60. The number of aryl methyl sites for hydroxylation is 1. The van der Waals surface area contributed by atoms with Gasteiger partial charge in [0.2, 0.25) is 0 Å². The molecule has 0 saturated heterocycles. The fourth-order valence-electron chi connectivity index (χ4n) is 5.39. The molecule has 1 aliphatic carbocycles. The summed E-state index contributed by atoms with van der Waals surface area (Å²) in [6.45, 7) is 6.89. The molecule has 5 aromatic carbocycles. The van der Waals surface area contributed by atoms with Crippen molar-refractivity contribution in [2.45, 2.75) is 26.2 Å². The maximum Gasteiger partial charge on any atom is 0.0159 e. The molecule has 0 N–H and O–H groups in total. The molecular weight excluding hydrogens is 384 g/mol. The molecule has 0 amide bonds. The Morgan fingerprint density at radius 3 is 1.91 bits per heavy atom. The Bertz CT molecular complexity index is 1500. The summed E-state index contributed by atoms with van der Waals surface area (Å²) in [5.74, 6) is 0. The van der Waals surface area contributed by atoms with E-state index in [1.807, 2.05) is 0 Å². The van der Waals surface area contributed by atoms with Crippen molar-refractivity contribution in [2.24, 2.45) is 0 Å². The third kappa shape index (κ3) is 2.83. The smallest absolute Gasteiger partial charge is 0.0159 e. The summed E-state index contributed by atoms with van der Waals surface area (Å²) in [4.78, 5) is 0. The van der Waals surface area contributed by atoms with Crippen molar-refractivity contribution >= 4 is 10.8 Å². The van der Waals surface area contributed by atoms with Crippen LogP contribution in [0.5, 0.6) is 0 Å². The third-order valence-electron chi connectivity index (χ3n) is 7.13. The lowest BCUT2D eigenvalue weighted by Crippen LogP contribution is -2.15. The molecule has 0 heteroatoms. The predicted molar refractivity (Wildman–Crippen MR) is 137 cm³/mol. The van der Waals surface area contributed by atoms with Gasteiger partial charge in [0, 0.05) is 5.41 Å². The minimum absolute atomic E-state index is 0.0366. The Kier molecular flexibility index (Phi) is 4.13. The molecule has 32 heavy (non-hydrogen) atoms. The van der Waals surface area contributed by atoms with Crippen LogP contribution in [0.15, 0.2) is 103 Å². The molecule has 0 aliphatic heterocycles. The van der Waals surface area contributed by atoms with Gasteiger partial charge in [-0.15, -0.1) is 0 Å². The Labute approximate surface area is 190 Å². The van der Waals surface area contributed by atoms with Crippen molar-refractivity contribution in [2.75, 3.05) is 0 Å². The highest BCUT2D eigenvalue weighted by molar-refractivity contribution is 5.97. The zero-order valence-electron chi connectivity index (χ0n) is 18.8. The Morgan fingerprint density at radius 2 is 1.12 bits per heavy atom. The van der Waals surface area contributed by atoms with E-state index in [-0.39, 0.29) is 5.41 Å². The van der Waals surface area contributed by atoms with Crippen LogP contribution in [-0.2, 0) is 5.41 Å². The summed E-state index contributed by atoms with van der Waals surface area (Å²) in [5.41, 5.74) is 12.0. The first kappa shape index (κ1) is 19.1. The largest absolute Gasteiger partial charge is 0.0616 e. The van der Waals surface area contributed by atoms with Crippen molar-refractivity contribution in [3.05, 3.63) is 120 Å². The van der Waals surface area contributed by atoms with E-state index < -0.39 is 0 Å². The molecule has 0 fully saturated rings. The van der Waals surface area contributed by atoms with Gasteiger partial charge in [-0.25, -0.2) is 0 Å². The van der Waals surface area contributed by atoms with Crippen molar-refractivity contribution in [1.29, 1.82) is 0 Å². The van der Waals surface area contributed by atoms with Crippen molar-refractivity contribution in [3.63, 3.8) is 0 Å². The van der Waals surface area contributed by atoms with Gasteiger partial charge in [0.25, 0.3) is 0 Å². The summed E-state index contributed by atoms with van der Waals surface area (Å²) in [6, 6.07) is 38.1. The van der Waals surface area contributed by atoms with E-state index in [1.54, 1.807) is 0 Å². The summed E-state index contributed by atoms with van der Waals surface area (Å²) < 4.78 is 0. The molecule has 0 aromatic heterocycles. The minimum Gasteiger partial charge on any atom is -0.0616 e. The normalized spacial score (nSPS) is 13.7. The molecule has 0 radical (unpaired) electrons. The number of benzene rings is 5. The summed E-state index contributed by atoms with van der Waals surface area (Å²) >= 11 is 0. The van der Waals surface area contributed by atoms with Crippen LogP contribution in [0, 0.1) is 6.92 Å². The van der Waals surface area contributed by atoms with Gasteiger partial charge in [-0.05, 0) is 74.3 Å². The highest BCUT2D eigenvalue weighted by Gasteiger charge is 2.35. The minimum atomic E-state index is -0.0366. The molecule has 5 aromatic rings. The molecule has 0 heterocycles. The standard InChI is InChI=1S/C32H26/c1-21-8-6-11-23(18-21)24-14-16-28-29-17-15-25(20-31(29)32(2,3)30(28)19-24)27-13-7-10-22-9-4-5-12-26(22)27/h4-20H,1-3H3. The van der Waals surface area contributed by atoms with Crippen LogP contribution in [0.25, 0.3) is 44.2 Å². The average Bonchev–Trinajstić information content (AvgIpc) is 3.05. The van der Waals surface area contributed by atoms with Gasteiger partial charge in [-0.2, -0.15) is 0 Å². The number of hydrogen-bond acceptors (Lipinski definition) is 0. The lowest BCUT2D eigenvalue weighted by atomic mass is 9.80. The highest BCUT2D eigenvalue weighted by Crippen LogP contribution is 2.50. The van der Waals surface area contributed by atoms with Crippen LogP contribution in [0.4, 0.5) is 0 Å². The fraction of sp³-hybridized carbons (Fsp3) is 0.125. The van der Waals surface area contributed by atoms with E-state index in [0.29, 0.717) is 0 Å². The van der Waals surface area contributed by atoms with Crippen molar-refractivity contribution in [3.8, 4) is 33.4 Å². The van der Waals surface area contributed by atoms with E-state index in [4.69, 9.17) is 0 Å². The first-order valence-corrected chi connectivity index (χ1v) is 11.4. The molecule has 0 spiro atoms. The predicted octanol–water partition coefficient (Wildman–Crippen LogP) is 8.79. The van der Waals surface area contributed by atoms with E-state index in [9.17, 15) is 0 Å². The monoisotopic (exact) mass is 410 g/mol. The van der Waals surface area contributed by atoms with Crippen LogP contribution >= 0.6 is 0 Å². The van der Waals surface area contributed by atoms with Crippen LogP contribution in [-0.4, -0.2) is 0 Å². The van der Waals surface area contributed by atoms with Gasteiger partial charge >= 0.3 is 0 Å². The van der Waals surface area contributed by atoms with Crippen molar-refractivity contribution in [1.82, 2.24) is 0 Å². The third-order valence-corrected chi connectivity index (χ3v) is 7.13. The number of hydrogen-bond donors (Lipinski definition) is 0. The van der Waals surface area contributed by atoms with Gasteiger partial charge in [0.1, 0.15) is 0 Å². The fourth-order valence-corrected chi connectivity index (χ4v) is 5.39. The molecule has 0 unspecified atom stereocenters. The lowest BCUT2D eigenvalue weighted by Gasteiger charge is -2.23. The Morgan fingerprint density at radius 1 is 0.500 bits per heavy atom. The van der Waals surface area contributed by atoms with Crippen LogP contribution < -0.4 is 0 Å². The lowest BCUT2D eigenvalue weighted by molar-refractivity contribution is 0.661. The first-order chi connectivity index (χ1) is 15.5. The van der Waals surface area contributed by atoms with Gasteiger partial charge < -0.3 is 0 Å².